The Morgan fingerprint density at radius 1 is 1.23 bits per heavy atom. The van der Waals surface area contributed by atoms with Crippen LogP contribution in [-0.4, -0.2) is 57.4 Å². The van der Waals surface area contributed by atoms with Crippen LogP contribution in [0.25, 0.3) is 0 Å². The molecular weight excluding hydrogens is 466 g/mol. The number of rotatable bonds is 6. The van der Waals surface area contributed by atoms with E-state index in [2.05, 4.69) is 15.5 Å². The molecule has 1 atom stereocenters. The average Bonchev–Trinajstić information content (AvgIpc) is 3.57. The van der Waals surface area contributed by atoms with Gasteiger partial charge in [-0.05, 0) is 56.5 Å². The number of piperidine rings is 1. The highest BCUT2D eigenvalue weighted by molar-refractivity contribution is 7.09. The third-order valence-corrected chi connectivity index (χ3v) is 7.99. The van der Waals surface area contributed by atoms with E-state index in [9.17, 15) is 14.4 Å². The van der Waals surface area contributed by atoms with Gasteiger partial charge in [-0.3, -0.25) is 19.5 Å². The molecule has 3 aromatic heterocycles. The molecule has 9 nitrogen and oxygen atoms in total. The van der Waals surface area contributed by atoms with Crippen LogP contribution in [0.2, 0.25) is 0 Å². The lowest BCUT2D eigenvalue weighted by Crippen LogP contribution is -2.54. The molecule has 0 aliphatic carbocycles. The van der Waals surface area contributed by atoms with Crippen LogP contribution in [0, 0.1) is 19.8 Å². The molecule has 0 bridgehead atoms. The molecule has 4 amide bonds. The quantitative estimate of drug-likeness (QED) is 0.528. The number of aryl methyl sites for hydroxylation is 2. The normalized spacial score (nSPS) is 21.0. The number of amides is 4. The molecule has 3 aromatic rings. The van der Waals surface area contributed by atoms with Crippen LogP contribution in [0.5, 0.6) is 0 Å². The number of likely N-dealkylation sites (tertiary alicyclic amines) is 1. The molecule has 2 aliphatic heterocycles. The van der Waals surface area contributed by atoms with Crippen LogP contribution in [0.3, 0.4) is 0 Å². The zero-order chi connectivity index (χ0) is 24.6. The van der Waals surface area contributed by atoms with Gasteiger partial charge < -0.3 is 14.7 Å². The fourth-order valence-electron chi connectivity index (χ4n) is 5.24. The molecule has 2 aliphatic rings. The van der Waals surface area contributed by atoms with Gasteiger partial charge in [0.05, 0.1) is 5.69 Å². The summed E-state index contributed by atoms with van der Waals surface area (Å²) in [5.74, 6) is -0.0401. The van der Waals surface area contributed by atoms with E-state index >= 15 is 0 Å². The summed E-state index contributed by atoms with van der Waals surface area (Å²) in [6.45, 7) is 4.73. The molecule has 2 saturated heterocycles. The third kappa shape index (κ3) is 4.01. The Morgan fingerprint density at radius 2 is 2.03 bits per heavy atom. The summed E-state index contributed by atoms with van der Waals surface area (Å²) in [5, 5.41) is 8.93. The van der Waals surface area contributed by atoms with Crippen molar-refractivity contribution in [3.8, 4) is 0 Å². The minimum absolute atomic E-state index is 0.116. The van der Waals surface area contributed by atoms with Crippen molar-refractivity contribution in [2.75, 3.05) is 19.6 Å². The van der Waals surface area contributed by atoms with Crippen LogP contribution in [-0.2, 0) is 16.8 Å². The Bertz CT molecular complexity index is 1210. The van der Waals surface area contributed by atoms with Gasteiger partial charge in [-0.2, -0.15) is 0 Å². The maximum absolute atomic E-state index is 13.9. The number of hydrogen-bond acceptors (Lipinski definition) is 7. The third-order valence-electron chi connectivity index (χ3n) is 7.05. The van der Waals surface area contributed by atoms with Crippen LogP contribution < -0.4 is 5.32 Å². The summed E-state index contributed by atoms with van der Waals surface area (Å²) in [7, 11) is 0. The molecule has 2 fully saturated rings. The van der Waals surface area contributed by atoms with Gasteiger partial charge in [-0.25, -0.2) is 4.79 Å². The van der Waals surface area contributed by atoms with Gasteiger partial charge in [0.2, 0.25) is 0 Å². The van der Waals surface area contributed by atoms with Gasteiger partial charge in [0.15, 0.2) is 5.54 Å². The van der Waals surface area contributed by atoms with E-state index in [1.54, 1.807) is 48.5 Å². The maximum Gasteiger partial charge on any atom is 0.325 e. The van der Waals surface area contributed by atoms with Crippen LogP contribution >= 0.6 is 11.3 Å². The molecule has 0 radical (unpaired) electrons. The highest BCUT2D eigenvalue weighted by Gasteiger charge is 2.57. The number of nitrogens with one attached hydrogen (secondary N) is 1. The maximum atomic E-state index is 13.9. The molecule has 0 saturated carbocycles. The second-order valence-corrected chi connectivity index (χ2v) is 10.1. The predicted octanol–water partition coefficient (Wildman–Crippen LogP) is 3.29. The summed E-state index contributed by atoms with van der Waals surface area (Å²) in [6.07, 6.45) is 5.05. The minimum Gasteiger partial charge on any atom is -0.361 e. The lowest BCUT2D eigenvalue weighted by atomic mass is 9.73. The van der Waals surface area contributed by atoms with Crippen LogP contribution in [0.1, 0.15) is 45.1 Å². The SMILES string of the molecule is Cc1noc(C)c1C(=O)N1CCC(C2(c3cccnc3)NC(=O)N(CCc3cccs3)C2=O)CC1. The first-order valence-electron chi connectivity index (χ1n) is 11.7. The van der Waals surface area contributed by atoms with Gasteiger partial charge in [0.25, 0.3) is 11.8 Å². The van der Waals surface area contributed by atoms with E-state index in [1.807, 2.05) is 23.6 Å². The second kappa shape index (κ2) is 9.26. The highest BCUT2D eigenvalue weighted by Crippen LogP contribution is 2.41. The minimum atomic E-state index is -1.20. The lowest BCUT2D eigenvalue weighted by molar-refractivity contribution is -0.134. The first-order chi connectivity index (χ1) is 16.9. The van der Waals surface area contributed by atoms with Crippen molar-refractivity contribution in [3.05, 3.63) is 69.5 Å². The zero-order valence-electron chi connectivity index (χ0n) is 19.7. The summed E-state index contributed by atoms with van der Waals surface area (Å²) in [4.78, 5) is 48.6. The number of pyridine rings is 1. The van der Waals surface area contributed by atoms with Gasteiger partial charge in [0, 0.05) is 42.5 Å². The number of imide groups is 1. The molecule has 182 valence electrons. The van der Waals surface area contributed by atoms with Crippen molar-refractivity contribution >= 4 is 29.2 Å². The summed E-state index contributed by atoms with van der Waals surface area (Å²) in [5.41, 5.74) is 0.544. The van der Waals surface area contributed by atoms with E-state index in [1.165, 1.54) is 4.90 Å². The van der Waals surface area contributed by atoms with E-state index in [0.717, 1.165) is 4.88 Å². The second-order valence-electron chi connectivity index (χ2n) is 9.03. The van der Waals surface area contributed by atoms with Crippen molar-refractivity contribution in [1.82, 2.24) is 25.3 Å². The number of thiophene rings is 1. The van der Waals surface area contributed by atoms with Crippen molar-refractivity contribution in [2.45, 2.75) is 38.6 Å². The highest BCUT2D eigenvalue weighted by atomic mass is 32.1. The predicted molar refractivity (Wildman–Crippen MR) is 129 cm³/mol. The average molecular weight is 494 g/mol. The van der Waals surface area contributed by atoms with Crippen molar-refractivity contribution in [3.63, 3.8) is 0 Å². The molecule has 1 N–H and O–H groups in total. The summed E-state index contributed by atoms with van der Waals surface area (Å²) >= 11 is 1.61. The molecule has 5 rings (SSSR count). The molecule has 10 heteroatoms. The number of urea groups is 1. The number of nitrogens with zero attached hydrogens (tertiary/aromatic N) is 4. The molecule has 0 aromatic carbocycles. The van der Waals surface area contributed by atoms with E-state index in [4.69, 9.17) is 4.52 Å². The fraction of sp³-hybridized carbons (Fsp3) is 0.400. The molecule has 0 spiro atoms. The first-order valence-corrected chi connectivity index (χ1v) is 12.6. The smallest absolute Gasteiger partial charge is 0.325 e. The molecular formula is C25H27N5O4S. The Morgan fingerprint density at radius 3 is 2.66 bits per heavy atom. The Kier molecular flexibility index (Phi) is 6.14. The molecule has 35 heavy (non-hydrogen) atoms. The van der Waals surface area contributed by atoms with E-state index in [0.29, 0.717) is 61.5 Å². The van der Waals surface area contributed by atoms with E-state index in [-0.39, 0.29) is 23.8 Å². The van der Waals surface area contributed by atoms with Crippen LogP contribution in [0.15, 0.2) is 46.6 Å². The van der Waals surface area contributed by atoms with Crippen molar-refractivity contribution in [1.29, 1.82) is 0 Å². The largest absolute Gasteiger partial charge is 0.361 e. The number of aromatic nitrogens is 2. The van der Waals surface area contributed by atoms with Gasteiger partial charge in [-0.15, -0.1) is 11.3 Å². The van der Waals surface area contributed by atoms with E-state index < -0.39 is 5.54 Å². The Labute approximate surface area is 207 Å². The standard InChI is InChI=1S/C25H27N5O4S/c1-16-21(17(2)34-28-16)22(31)29-11-7-18(8-12-29)25(19-5-3-10-26-15-19)23(32)30(24(33)27-25)13-9-20-6-4-14-35-20/h3-6,10,14-15,18H,7-9,11-13H2,1-2H3,(H,27,33). The van der Waals surface area contributed by atoms with Crippen LogP contribution in [0.4, 0.5) is 4.79 Å². The Balaban J connectivity index is 1.38. The molecule has 1 unspecified atom stereocenters. The van der Waals surface area contributed by atoms with Crippen molar-refractivity contribution < 1.29 is 18.9 Å². The number of carbonyl (C=O) groups is 3. The topological polar surface area (TPSA) is 109 Å². The molecule has 5 heterocycles. The van der Waals surface area contributed by atoms with Crippen molar-refractivity contribution in [2.24, 2.45) is 5.92 Å². The summed E-state index contributed by atoms with van der Waals surface area (Å²) < 4.78 is 5.17. The van der Waals surface area contributed by atoms with Gasteiger partial charge >= 0.3 is 6.03 Å². The Hall–Kier alpha value is -3.53. The number of carbonyl (C=O) groups excluding carboxylic acids is 3. The fourth-order valence-corrected chi connectivity index (χ4v) is 5.94. The summed E-state index contributed by atoms with van der Waals surface area (Å²) in [6, 6.07) is 7.20. The van der Waals surface area contributed by atoms with Gasteiger partial charge in [-0.1, -0.05) is 17.3 Å². The zero-order valence-corrected chi connectivity index (χ0v) is 20.5. The van der Waals surface area contributed by atoms with Gasteiger partial charge in [0.1, 0.15) is 11.3 Å². The monoisotopic (exact) mass is 493 g/mol. The number of hydrogen-bond donors (Lipinski definition) is 1. The first kappa shape index (κ1) is 23.2. The lowest BCUT2D eigenvalue weighted by Gasteiger charge is -2.41.